The van der Waals surface area contributed by atoms with Gasteiger partial charge in [-0.25, -0.2) is 17.6 Å². The fraction of sp³-hybridized carbons (Fsp3) is 0.478. The van der Waals surface area contributed by atoms with Crippen LogP contribution in [0.5, 0.6) is 0 Å². The van der Waals surface area contributed by atoms with Gasteiger partial charge in [0.25, 0.3) is 0 Å². The van der Waals surface area contributed by atoms with Crippen molar-refractivity contribution in [1.29, 1.82) is 0 Å². The second kappa shape index (κ2) is 17.9. The van der Waals surface area contributed by atoms with Crippen LogP contribution in [0.4, 0.5) is 17.6 Å². The van der Waals surface area contributed by atoms with Crippen molar-refractivity contribution < 1.29 is 47.3 Å². The van der Waals surface area contributed by atoms with Gasteiger partial charge in [-0.3, -0.25) is 0 Å². The first-order chi connectivity index (χ1) is 27.5. The molecule has 0 amide bonds. The summed E-state index contributed by atoms with van der Waals surface area (Å²) in [6.07, 6.45) is 10.8. The number of aliphatic hydroxyl groups is 2. The molecule has 0 spiro atoms. The molecule has 2 aliphatic carbocycles. The molecule has 4 saturated heterocycles. The molecule has 58 heavy (non-hydrogen) atoms. The summed E-state index contributed by atoms with van der Waals surface area (Å²) in [6.45, 7) is 7.28. The number of hydrogen-bond donors (Lipinski definition) is 4. The van der Waals surface area contributed by atoms with Crippen molar-refractivity contribution in [1.82, 2.24) is 0 Å². The smallest absolute Gasteiger partial charge is 0.423 e. The predicted molar refractivity (Wildman–Crippen MR) is 221 cm³/mol. The Morgan fingerprint density at radius 2 is 1.00 bits per heavy atom. The van der Waals surface area contributed by atoms with Gasteiger partial charge in [0.05, 0.1) is 11.2 Å². The second-order valence-corrected chi connectivity index (χ2v) is 17.7. The molecule has 4 bridgehead atoms. The van der Waals surface area contributed by atoms with E-state index >= 15 is 0 Å². The average Bonchev–Trinajstić information content (AvgIpc) is 3.21. The van der Waals surface area contributed by atoms with Gasteiger partial charge in [0.15, 0.2) is 35.8 Å². The highest BCUT2D eigenvalue weighted by molar-refractivity contribution is 9.10. The molecule has 0 radical (unpaired) electrons. The number of hydrogen-bond acceptors (Lipinski definition) is 6. The van der Waals surface area contributed by atoms with E-state index in [-0.39, 0.29) is 27.6 Å². The van der Waals surface area contributed by atoms with Crippen LogP contribution < -0.4 is 5.46 Å². The molecular formula is C46H54BBrF4O6. The van der Waals surface area contributed by atoms with E-state index in [1.807, 2.05) is 24.3 Å². The fourth-order valence-corrected chi connectivity index (χ4v) is 9.87. The summed E-state index contributed by atoms with van der Waals surface area (Å²) in [5.41, 5.74) is 2.30. The monoisotopic (exact) mass is 868 g/mol. The van der Waals surface area contributed by atoms with E-state index in [4.69, 9.17) is 19.5 Å². The number of aliphatic hydroxyl groups excluding tert-OH is 2. The van der Waals surface area contributed by atoms with Crippen LogP contribution in [-0.4, -0.2) is 40.0 Å². The highest BCUT2D eigenvalue weighted by atomic mass is 79.9. The van der Waals surface area contributed by atoms with Gasteiger partial charge in [-0.15, -0.1) is 0 Å². The Kier molecular flexibility index (Phi) is 13.7. The van der Waals surface area contributed by atoms with Gasteiger partial charge in [0.1, 0.15) is 0 Å². The quantitative estimate of drug-likeness (QED) is 0.104. The molecule has 2 unspecified atom stereocenters. The molecular weight excluding hydrogens is 815 g/mol. The third-order valence-electron chi connectivity index (χ3n) is 13.3. The standard InChI is InChI=1S/C23H26F2O2.C16H21BrO2.C7H7BF2O2/c1-3-10-22-11-13-23(14-12-22,27-21(22)26)17-7-5-16(6-8-17)18-9-4-15(2)19(24)20(18)25;1-2-7-15-8-10-16(11-9-15,19-14(15)18)12-3-5-13(17)6-4-12;1-4-2-3-5(8(11)12)7(10)6(4)9/h4-9,21,26H,3,10-14H2,1-2H3;3-6,14,18H,2,7-11H2,1H3;2-3,11-12H,1H3. The van der Waals surface area contributed by atoms with E-state index in [0.29, 0.717) is 11.1 Å². The van der Waals surface area contributed by atoms with Gasteiger partial charge in [-0.1, -0.05) is 103 Å². The zero-order valence-electron chi connectivity index (χ0n) is 33.6. The van der Waals surface area contributed by atoms with Crippen LogP contribution in [0.1, 0.15) is 113 Å². The first kappa shape index (κ1) is 44.5. The molecule has 312 valence electrons. The summed E-state index contributed by atoms with van der Waals surface area (Å²) in [4.78, 5) is 0. The van der Waals surface area contributed by atoms with Crippen molar-refractivity contribution in [3.8, 4) is 11.1 Å². The van der Waals surface area contributed by atoms with Crippen LogP contribution in [0.2, 0.25) is 0 Å². The van der Waals surface area contributed by atoms with Crippen molar-refractivity contribution in [2.75, 3.05) is 0 Å². The van der Waals surface area contributed by atoms with E-state index < -0.39 is 54.0 Å². The maximum absolute atomic E-state index is 14.3. The first-order valence-electron chi connectivity index (χ1n) is 20.4. The molecule has 0 aromatic heterocycles. The van der Waals surface area contributed by atoms with Gasteiger partial charge in [0, 0.05) is 26.3 Å². The van der Waals surface area contributed by atoms with E-state index in [2.05, 4.69) is 54.0 Å². The topological polar surface area (TPSA) is 99.4 Å². The zero-order chi connectivity index (χ0) is 42.0. The lowest BCUT2D eigenvalue weighted by Gasteiger charge is -2.56. The molecule has 6 fully saturated rings. The van der Waals surface area contributed by atoms with Crippen LogP contribution in [0, 0.1) is 47.9 Å². The Morgan fingerprint density at radius 3 is 1.41 bits per heavy atom. The zero-order valence-corrected chi connectivity index (χ0v) is 35.2. The molecule has 2 atom stereocenters. The molecule has 4 aliphatic heterocycles. The van der Waals surface area contributed by atoms with E-state index in [1.54, 1.807) is 19.1 Å². The van der Waals surface area contributed by atoms with Gasteiger partial charge in [-0.2, -0.15) is 0 Å². The Bertz CT molecular complexity index is 2030. The normalized spacial score (nSPS) is 28.3. The average molecular weight is 870 g/mol. The third kappa shape index (κ3) is 8.58. The fourth-order valence-electron chi connectivity index (χ4n) is 9.60. The minimum absolute atomic E-state index is 0.0197. The summed E-state index contributed by atoms with van der Waals surface area (Å²) in [7, 11) is -1.97. The summed E-state index contributed by atoms with van der Waals surface area (Å²) >= 11 is 3.47. The van der Waals surface area contributed by atoms with Crippen molar-refractivity contribution in [3.05, 3.63) is 123 Å². The lowest BCUT2D eigenvalue weighted by molar-refractivity contribution is -0.315. The minimum Gasteiger partial charge on any atom is -0.423 e. The lowest BCUT2D eigenvalue weighted by Crippen LogP contribution is -2.55. The van der Waals surface area contributed by atoms with Gasteiger partial charge < -0.3 is 29.7 Å². The number of ether oxygens (including phenoxy) is 2. The SMILES string of the molecule is CCCC12CCC(c3ccc(-c4ccc(C)c(F)c4F)cc3)(CC1)OC2O.CCCC12CCC(c3ccc(Br)cc3)(CC1)OC2O.Cc1ccc(B(O)O)c(F)c1F. The van der Waals surface area contributed by atoms with Crippen LogP contribution in [0.15, 0.2) is 77.3 Å². The molecule has 4 N–H and O–H groups in total. The predicted octanol–water partition coefficient (Wildman–Crippen LogP) is 10.2. The van der Waals surface area contributed by atoms with Gasteiger partial charge in [0.2, 0.25) is 0 Å². The van der Waals surface area contributed by atoms with Crippen molar-refractivity contribution in [2.24, 2.45) is 10.8 Å². The van der Waals surface area contributed by atoms with Crippen LogP contribution in [-0.2, 0) is 20.7 Å². The molecule has 4 aromatic rings. The number of aryl methyl sites for hydroxylation is 2. The lowest BCUT2D eigenvalue weighted by atomic mass is 9.61. The molecule has 2 saturated carbocycles. The summed E-state index contributed by atoms with van der Waals surface area (Å²) in [6, 6.07) is 21.5. The van der Waals surface area contributed by atoms with Gasteiger partial charge >= 0.3 is 7.12 Å². The molecule has 6 aliphatic rings. The highest BCUT2D eigenvalue weighted by Crippen LogP contribution is 2.59. The molecule has 4 heterocycles. The van der Waals surface area contributed by atoms with Crippen molar-refractivity contribution in [3.63, 3.8) is 0 Å². The first-order valence-corrected chi connectivity index (χ1v) is 21.2. The van der Waals surface area contributed by atoms with Gasteiger partial charge in [-0.05, 0) is 118 Å². The Labute approximate surface area is 347 Å². The Morgan fingerprint density at radius 1 is 0.586 bits per heavy atom. The summed E-state index contributed by atoms with van der Waals surface area (Å²) in [5, 5.41) is 38.2. The summed E-state index contributed by atoms with van der Waals surface area (Å²) < 4.78 is 67.1. The largest absolute Gasteiger partial charge is 0.491 e. The van der Waals surface area contributed by atoms with E-state index in [1.165, 1.54) is 18.6 Å². The maximum Gasteiger partial charge on any atom is 0.491 e. The third-order valence-corrected chi connectivity index (χ3v) is 13.8. The summed E-state index contributed by atoms with van der Waals surface area (Å²) in [5.74, 6) is -3.86. The van der Waals surface area contributed by atoms with E-state index in [9.17, 15) is 27.8 Å². The molecule has 6 nitrogen and oxygen atoms in total. The second-order valence-electron chi connectivity index (χ2n) is 16.8. The van der Waals surface area contributed by atoms with E-state index in [0.717, 1.165) is 93.2 Å². The molecule has 12 heteroatoms. The maximum atomic E-state index is 14.3. The van der Waals surface area contributed by atoms with Crippen LogP contribution >= 0.6 is 15.9 Å². The Balaban J connectivity index is 0.000000159. The number of rotatable bonds is 8. The number of benzene rings is 4. The minimum atomic E-state index is -1.97. The van der Waals surface area contributed by atoms with Crippen LogP contribution in [0.3, 0.4) is 0 Å². The number of fused-ring (bicyclic) bond motifs is 6. The van der Waals surface area contributed by atoms with Crippen molar-refractivity contribution in [2.45, 2.75) is 129 Å². The Hall–Kier alpha value is -3.10. The highest BCUT2D eigenvalue weighted by Gasteiger charge is 2.56. The van der Waals surface area contributed by atoms with Crippen molar-refractivity contribution >= 4 is 28.5 Å². The van der Waals surface area contributed by atoms with Crippen LogP contribution in [0.25, 0.3) is 11.1 Å². The molecule has 10 rings (SSSR count). The number of halogens is 5. The molecule has 4 aromatic carbocycles.